The van der Waals surface area contributed by atoms with Gasteiger partial charge in [-0.1, -0.05) is 18.2 Å². The van der Waals surface area contributed by atoms with Crippen LogP contribution in [0.25, 0.3) is 11.3 Å². The minimum Gasteiger partial charge on any atom is -0.369 e. The van der Waals surface area contributed by atoms with Crippen LogP contribution in [0.4, 0.5) is 5.95 Å². The third-order valence-electron chi connectivity index (χ3n) is 3.54. The molecule has 1 aromatic heterocycles. The predicted molar refractivity (Wildman–Crippen MR) is 91.1 cm³/mol. The van der Waals surface area contributed by atoms with Crippen LogP contribution in [0.15, 0.2) is 35.1 Å². The summed E-state index contributed by atoms with van der Waals surface area (Å²) in [5, 5.41) is 0. The number of aromatic nitrogens is 2. The summed E-state index contributed by atoms with van der Waals surface area (Å²) >= 11 is 0. The van der Waals surface area contributed by atoms with Crippen molar-refractivity contribution >= 4 is 11.9 Å². The SMILES string of the molecule is CC(C)N(C(=O)c1ccccc1-c1cc(=O)[nH]c(N)n1)C(C)C. The number of anilines is 1. The van der Waals surface area contributed by atoms with Gasteiger partial charge >= 0.3 is 0 Å². The largest absolute Gasteiger partial charge is 0.369 e. The molecule has 0 aliphatic heterocycles. The zero-order valence-electron chi connectivity index (χ0n) is 13.8. The van der Waals surface area contributed by atoms with E-state index in [1.807, 2.05) is 27.7 Å². The molecular weight excluding hydrogens is 292 g/mol. The molecule has 0 aliphatic rings. The molecule has 0 bridgehead atoms. The first-order chi connectivity index (χ1) is 10.8. The van der Waals surface area contributed by atoms with Crippen LogP contribution in [-0.2, 0) is 0 Å². The molecule has 0 atom stereocenters. The summed E-state index contributed by atoms with van der Waals surface area (Å²) in [6.07, 6.45) is 0. The van der Waals surface area contributed by atoms with Crippen LogP contribution in [0.3, 0.4) is 0 Å². The lowest BCUT2D eigenvalue weighted by atomic mass is 10.0. The van der Waals surface area contributed by atoms with E-state index < -0.39 is 0 Å². The molecule has 0 radical (unpaired) electrons. The maximum Gasteiger partial charge on any atom is 0.255 e. The van der Waals surface area contributed by atoms with Crippen molar-refractivity contribution in [2.24, 2.45) is 0 Å². The first-order valence-electron chi connectivity index (χ1n) is 7.60. The zero-order chi connectivity index (χ0) is 17.1. The second-order valence-corrected chi connectivity index (χ2v) is 5.96. The molecule has 0 fully saturated rings. The van der Waals surface area contributed by atoms with Crippen molar-refractivity contribution in [3.63, 3.8) is 0 Å². The third kappa shape index (κ3) is 3.59. The van der Waals surface area contributed by atoms with Gasteiger partial charge in [-0.2, -0.15) is 0 Å². The summed E-state index contributed by atoms with van der Waals surface area (Å²) in [4.78, 5) is 33.0. The van der Waals surface area contributed by atoms with Crippen molar-refractivity contribution in [2.45, 2.75) is 39.8 Å². The fourth-order valence-corrected chi connectivity index (χ4v) is 2.71. The van der Waals surface area contributed by atoms with Gasteiger partial charge in [0.15, 0.2) is 0 Å². The number of hydrogen-bond donors (Lipinski definition) is 2. The van der Waals surface area contributed by atoms with Gasteiger partial charge in [0.1, 0.15) is 0 Å². The van der Waals surface area contributed by atoms with Gasteiger partial charge in [0.25, 0.3) is 11.5 Å². The number of H-pyrrole nitrogens is 1. The molecule has 1 aromatic carbocycles. The van der Waals surface area contributed by atoms with E-state index in [9.17, 15) is 9.59 Å². The molecule has 6 heteroatoms. The van der Waals surface area contributed by atoms with Crippen molar-refractivity contribution in [1.29, 1.82) is 0 Å². The number of nitrogens with two attached hydrogens (primary N) is 1. The molecule has 0 unspecified atom stereocenters. The average molecular weight is 314 g/mol. The van der Waals surface area contributed by atoms with E-state index in [0.29, 0.717) is 16.8 Å². The quantitative estimate of drug-likeness (QED) is 0.905. The Morgan fingerprint density at radius 2 is 1.78 bits per heavy atom. The number of benzene rings is 1. The highest BCUT2D eigenvalue weighted by Crippen LogP contribution is 2.24. The molecule has 1 amide bonds. The number of aromatic amines is 1. The summed E-state index contributed by atoms with van der Waals surface area (Å²) in [5.74, 6) is -0.0643. The second kappa shape index (κ2) is 6.64. The third-order valence-corrected chi connectivity index (χ3v) is 3.54. The molecule has 2 rings (SSSR count). The van der Waals surface area contributed by atoms with Crippen molar-refractivity contribution in [3.8, 4) is 11.3 Å². The summed E-state index contributed by atoms with van der Waals surface area (Å²) in [6.45, 7) is 7.90. The van der Waals surface area contributed by atoms with Crippen LogP contribution in [0.5, 0.6) is 0 Å². The summed E-state index contributed by atoms with van der Waals surface area (Å²) < 4.78 is 0. The maximum absolute atomic E-state index is 13.0. The molecule has 0 saturated heterocycles. The maximum atomic E-state index is 13.0. The highest BCUT2D eigenvalue weighted by atomic mass is 16.2. The predicted octanol–water partition coefficient (Wildman–Crippen LogP) is 2.28. The van der Waals surface area contributed by atoms with Gasteiger partial charge in [-0.05, 0) is 33.8 Å². The molecule has 6 nitrogen and oxygen atoms in total. The highest BCUT2D eigenvalue weighted by molar-refractivity contribution is 6.00. The Balaban J connectivity index is 2.57. The van der Waals surface area contributed by atoms with Crippen LogP contribution >= 0.6 is 0 Å². The average Bonchev–Trinajstić information content (AvgIpc) is 2.45. The van der Waals surface area contributed by atoms with Crippen LogP contribution < -0.4 is 11.3 Å². The molecule has 122 valence electrons. The van der Waals surface area contributed by atoms with Gasteiger partial charge < -0.3 is 10.6 Å². The Labute approximate surface area is 135 Å². The lowest BCUT2D eigenvalue weighted by Gasteiger charge is -2.31. The lowest BCUT2D eigenvalue weighted by Crippen LogP contribution is -2.42. The molecule has 23 heavy (non-hydrogen) atoms. The number of hydrogen-bond acceptors (Lipinski definition) is 4. The molecule has 2 aromatic rings. The monoisotopic (exact) mass is 314 g/mol. The van der Waals surface area contributed by atoms with E-state index in [0.717, 1.165) is 0 Å². The fraction of sp³-hybridized carbons (Fsp3) is 0.353. The lowest BCUT2D eigenvalue weighted by molar-refractivity contribution is 0.0644. The van der Waals surface area contributed by atoms with Crippen LogP contribution in [0.2, 0.25) is 0 Å². The van der Waals surface area contributed by atoms with Crippen LogP contribution in [0, 0.1) is 0 Å². The molecule has 0 spiro atoms. The van der Waals surface area contributed by atoms with Crippen molar-refractivity contribution in [3.05, 3.63) is 46.2 Å². The van der Waals surface area contributed by atoms with Gasteiger partial charge in [0, 0.05) is 29.3 Å². The minimum atomic E-state index is -0.348. The number of nitrogen functional groups attached to an aromatic ring is 1. The van der Waals surface area contributed by atoms with E-state index in [1.165, 1.54) is 6.07 Å². The Hall–Kier alpha value is -2.63. The Kier molecular flexibility index (Phi) is 4.83. The Morgan fingerprint density at radius 3 is 2.35 bits per heavy atom. The topological polar surface area (TPSA) is 92.1 Å². The first kappa shape index (κ1) is 16.7. The van der Waals surface area contributed by atoms with Gasteiger partial charge in [-0.15, -0.1) is 0 Å². The van der Waals surface area contributed by atoms with E-state index in [4.69, 9.17) is 5.73 Å². The van der Waals surface area contributed by atoms with E-state index in [1.54, 1.807) is 29.2 Å². The smallest absolute Gasteiger partial charge is 0.255 e. The van der Waals surface area contributed by atoms with Crippen molar-refractivity contribution < 1.29 is 4.79 Å². The Bertz CT molecular complexity index is 757. The van der Waals surface area contributed by atoms with E-state index >= 15 is 0 Å². The normalized spacial score (nSPS) is 11.0. The van der Waals surface area contributed by atoms with Crippen LogP contribution in [0.1, 0.15) is 38.1 Å². The van der Waals surface area contributed by atoms with E-state index in [2.05, 4.69) is 9.97 Å². The number of carbonyl (C=O) groups excluding carboxylic acids is 1. The van der Waals surface area contributed by atoms with Gasteiger partial charge in [-0.25, -0.2) is 4.98 Å². The standard InChI is InChI=1S/C17H22N4O2/c1-10(2)21(11(3)4)16(23)13-8-6-5-7-12(13)14-9-15(22)20-17(18)19-14/h5-11H,1-4H3,(H3,18,19,20,22). The first-order valence-corrected chi connectivity index (χ1v) is 7.60. The second-order valence-electron chi connectivity index (χ2n) is 5.96. The number of nitrogens with one attached hydrogen (secondary N) is 1. The zero-order valence-corrected chi connectivity index (χ0v) is 13.8. The number of carbonyl (C=O) groups is 1. The minimum absolute atomic E-state index is 0.0272. The summed E-state index contributed by atoms with van der Waals surface area (Å²) in [7, 11) is 0. The molecular formula is C17H22N4O2. The van der Waals surface area contributed by atoms with Gasteiger partial charge in [0.05, 0.1) is 5.69 Å². The van der Waals surface area contributed by atoms with Crippen LogP contribution in [-0.4, -0.2) is 32.9 Å². The van der Waals surface area contributed by atoms with Gasteiger partial charge in [0.2, 0.25) is 5.95 Å². The van der Waals surface area contributed by atoms with E-state index in [-0.39, 0.29) is 29.5 Å². The number of rotatable bonds is 4. The van der Waals surface area contributed by atoms with Crippen molar-refractivity contribution in [1.82, 2.24) is 14.9 Å². The molecule has 3 N–H and O–H groups in total. The van der Waals surface area contributed by atoms with Crippen molar-refractivity contribution in [2.75, 3.05) is 5.73 Å². The summed E-state index contributed by atoms with van der Waals surface area (Å²) in [5.41, 5.74) is 6.77. The molecule has 0 saturated carbocycles. The number of amides is 1. The highest BCUT2D eigenvalue weighted by Gasteiger charge is 2.24. The number of nitrogens with zero attached hydrogens (tertiary/aromatic N) is 2. The summed E-state index contributed by atoms with van der Waals surface area (Å²) in [6, 6.07) is 8.59. The molecule has 0 aliphatic carbocycles. The molecule has 1 heterocycles. The Morgan fingerprint density at radius 1 is 1.17 bits per heavy atom. The van der Waals surface area contributed by atoms with Gasteiger partial charge in [-0.3, -0.25) is 14.6 Å². The fourth-order valence-electron chi connectivity index (χ4n) is 2.71.